The van der Waals surface area contributed by atoms with Crippen molar-refractivity contribution < 1.29 is 32.6 Å². The lowest BCUT2D eigenvalue weighted by Crippen LogP contribution is -2.17. The van der Waals surface area contributed by atoms with Crippen LogP contribution < -0.4 is 10.1 Å². The standard InChI is InChI=1S/C12H11ClF3NO4/c1-21-9-5-8(7(13)4-6(9)11(19)20)17-10(18)2-3-12(14,15)16/h4-5H,2-3H2,1H3,(H,17,18)(H,19,20). The minimum absolute atomic E-state index is 0.0225. The Hall–Kier alpha value is -1.96. The van der Waals surface area contributed by atoms with Crippen LogP contribution in [0.2, 0.25) is 5.02 Å². The Morgan fingerprint density at radius 1 is 1.38 bits per heavy atom. The molecule has 21 heavy (non-hydrogen) atoms. The van der Waals surface area contributed by atoms with Gasteiger partial charge in [0.1, 0.15) is 11.3 Å². The highest BCUT2D eigenvalue weighted by Crippen LogP contribution is 2.31. The largest absolute Gasteiger partial charge is 0.496 e. The summed E-state index contributed by atoms with van der Waals surface area (Å²) in [7, 11) is 1.21. The number of carbonyl (C=O) groups is 2. The highest BCUT2D eigenvalue weighted by Gasteiger charge is 2.28. The first-order valence-corrected chi connectivity index (χ1v) is 5.99. The van der Waals surface area contributed by atoms with E-state index >= 15 is 0 Å². The Labute approximate surface area is 122 Å². The van der Waals surface area contributed by atoms with Crippen LogP contribution in [-0.4, -0.2) is 30.3 Å². The number of hydrogen-bond acceptors (Lipinski definition) is 3. The predicted molar refractivity (Wildman–Crippen MR) is 68.9 cm³/mol. The molecule has 1 rings (SSSR count). The number of hydrogen-bond donors (Lipinski definition) is 2. The summed E-state index contributed by atoms with van der Waals surface area (Å²) >= 11 is 5.78. The van der Waals surface area contributed by atoms with Gasteiger partial charge in [-0.25, -0.2) is 4.79 Å². The molecule has 0 aliphatic carbocycles. The third kappa shape index (κ3) is 5.14. The van der Waals surface area contributed by atoms with Gasteiger partial charge in [0.05, 0.1) is 24.2 Å². The first kappa shape index (κ1) is 17.1. The van der Waals surface area contributed by atoms with Crippen molar-refractivity contribution in [3.05, 3.63) is 22.7 Å². The van der Waals surface area contributed by atoms with Crippen molar-refractivity contribution in [2.75, 3.05) is 12.4 Å². The van der Waals surface area contributed by atoms with Crippen molar-refractivity contribution in [3.63, 3.8) is 0 Å². The molecule has 0 heterocycles. The van der Waals surface area contributed by atoms with Gasteiger partial charge in [-0.2, -0.15) is 13.2 Å². The molecule has 0 fully saturated rings. The molecule has 1 aromatic carbocycles. The average molecular weight is 326 g/mol. The molecule has 0 spiro atoms. The number of halogens is 4. The van der Waals surface area contributed by atoms with Gasteiger partial charge in [0.2, 0.25) is 5.91 Å². The lowest BCUT2D eigenvalue weighted by Gasteiger charge is -2.12. The molecule has 0 aromatic heterocycles. The van der Waals surface area contributed by atoms with Crippen molar-refractivity contribution in [1.29, 1.82) is 0 Å². The second-order valence-corrected chi connectivity index (χ2v) is 4.41. The summed E-state index contributed by atoms with van der Waals surface area (Å²) < 4.78 is 40.8. The molecular weight excluding hydrogens is 315 g/mol. The number of aromatic carboxylic acids is 1. The highest BCUT2D eigenvalue weighted by atomic mass is 35.5. The minimum Gasteiger partial charge on any atom is -0.496 e. The number of ether oxygens (including phenoxy) is 1. The maximum atomic E-state index is 12.0. The van der Waals surface area contributed by atoms with Crippen molar-refractivity contribution in [3.8, 4) is 5.75 Å². The van der Waals surface area contributed by atoms with E-state index < -0.39 is 30.9 Å². The van der Waals surface area contributed by atoms with E-state index in [0.717, 1.165) is 12.1 Å². The maximum absolute atomic E-state index is 12.0. The Balaban J connectivity index is 2.89. The summed E-state index contributed by atoms with van der Waals surface area (Å²) in [6.45, 7) is 0. The van der Waals surface area contributed by atoms with Crippen LogP contribution in [0.25, 0.3) is 0 Å². The van der Waals surface area contributed by atoms with Gasteiger partial charge in [0, 0.05) is 12.5 Å². The topological polar surface area (TPSA) is 75.6 Å². The zero-order valence-corrected chi connectivity index (χ0v) is 11.5. The third-order valence-electron chi connectivity index (χ3n) is 2.43. The van der Waals surface area contributed by atoms with Crippen LogP contribution in [0.5, 0.6) is 5.75 Å². The van der Waals surface area contributed by atoms with Gasteiger partial charge in [-0.15, -0.1) is 0 Å². The average Bonchev–Trinajstić information content (AvgIpc) is 2.37. The molecule has 116 valence electrons. The number of nitrogens with one attached hydrogen (secondary N) is 1. The van der Waals surface area contributed by atoms with Gasteiger partial charge in [0.15, 0.2) is 0 Å². The number of rotatable bonds is 5. The molecule has 0 atom stereocenters. The van der Waals surface area contributed by atoms with Gasteiger partial charge in [-0.3, -0.25) is 4.79 Å². The van der Waals surface area contributed by atoms with Gasteiger partial charge >= 0.3 is 12.1 Å². The highest BCUT2D eigenvalue weighted by molar-refractivity contribution is 6.34. The molecule has 1 amide bonds. The molecule has 1 aromatic rings. The second kappa shape index (κ2) is 6.66. The zero-order valence-electron chi connectivity index (χ0n) is 10.8. The number of carboxylic acids is 1. The van der Waals surface area contributed by atoms with E-state index in [0.29, 0.717) is 0 Å². The van der Waals surface area contributed by atoms with Crippen molar-refractivity contribution in [2.24, 2.45) is 0 Å². The normalized spacial score (nSPS) is 11.1. The Kier molecular flexibility index (Phi) is 5.42. The number of benzene rings is 1. The van der Waals surface area contributed by atoms with Crippen molar-refractivity contribution in [1.82, 2.24) is 0 Å². The molecule has 0 aliphatic heterocycles. The molecule has 0 aliphatic rings. The third-order valence-corrected chi connectivity index (χ3v) is 2.74. The molecule has 0 radical (unpaired) electrons. The number of anilines is 1. The Bertz CT molecular complexity index is 560. The van der Waals surface area contributed by atoms with E-state index in [1.54, 1.807) is 0 Å². The quantitative estimate of drug-likeness (QED) is 0.870. The lowest BCUT2D eigenvalue weighted by atomic mass is 10.1. The van der Waals surface area contributed by atoms with E-state index in [1.165, 1.54) is 7.11 Å². The van der Waals surface area contributed by atoms with Crippen LogP contribution in [0.1, 0.15) is 23.2 Å². The van der Waals surface area contributed by atoms with E-state index in [1.807, 2.05) is 0 Å². The van der Waals surface area contributed by atoms with Gasteiger partial charge < -0.3 is 15.2 Å². The predicted octanol–water partition coefficient (Wildman–Crippen LogP) is 3.33. The van der Waals surface area contributed by atoms with E-state index in [9.17, 15) is 22.8 Å². The van der Waals surface area contributed by atoms with Crippen molar-refractivity contribution >= 4 is 29.2 Å². The number of carboxylic acid groups (broad SMARTS) is 1. The van der Waals surface area contributed by atoms with Crippen LogP contribution >= 0.6 is 11.6 Å². The fraction of sp³-hybridized carbons (Fsp3) is 0.333. The summed E-state index contributed by atoms with van der Waals surface area (Å²) in [5, 5.41) is 11.0. The molecule has 5 nitrogen and oxygen atoms in total. The first-order valence-electron chi connectivity index (χ1n) is 5.61. The fourth-order valence-corrected chi connectivity index (χ4v) is 1.66. The summed E-state index contributed by atoms with van der Waals surface area (Å²) in [6, 6.07) is 2.18. The minimum atomic E-state index is -4.44. The molecular formula is C12H11ClF3NO4. The SMILES string of the molecule is COc1cc(NC(=O)CCC(F)(F)F)c(Cl)cc1C(=O)O. The lowest BCUT2D eigenvalue weighted by molar-refractivity contribution is -0.142. The Morgan fingerprint density at radius 2 is 2.00 bits per heavy atom. The first-order chi connectivity index (χ1) is 9.64. The smallest absolute Gasteiger partial charge is 0.389 e. The van der Waals surface area contributed by atoms with E-state index in [2.05, 4.69) is 5.32 Å². The molecule has 0 saturated carbocycles. The molecule has 2 N–H and O–H groups in total. The zero-order chi connectivity index (χ0) is 16.2. The van der Waals surface area contributed by atoms with Crippen molar-refractivity contribution in [2.45, 2.75) is 19.0 Å². The van der Waals surface area contributed by atoms with Crippen LogP contribution in [-0.2, 0) is 4.79 Å². The summed E-state index contributed by atoms with van der Waals surface area (Å²) in [5.41, 5.74) is -0.249. The van der Waals surface area contributed by atoms with Gasteiger partial charge in [-0.05, 0) is 6.07 Å². The maximum Gasteiger partial charge on any atom is 0.389 e. The Morgan fingerprint density at radius 3 is 2.48 bits per heavy atom. The van der Waals surface area contributed by atoms with Crippen LogP contribution in [0, 0.1) is 0 Å². The summed E-state index contributed by atoms with van der Waals surface area (Å²) in [6.07, 6.45) is -6.46. The van der Waals surface area contributed by atoms with Gasteiger partial charge in [-0.1, -0.05) is 11.6 Å². The second-order valence-electron chi connectivity index (χ2n) is 4.00. The fourth-order valence-electron chi connectivity index (χ4n) is 1.45. The molecule has 9 heteroatoms. The molecule has 0 bridgehead atoms. The van der Waals surface area contributed by atoms with E-state index in [-0.39, 0.29) is 22.0 Å². The number of amides is 1. The van der Waals surface area contributed by atoms with Crippen LogP contribution in [0.4, 0.5) is 18.9 Å². The number of alkyl halides is 3. The molecule has 0 saturated heterocycles. The van der Waals surface area contributed by atoms with Crippen LogP contribution in [0.3, 0.4) is 0 Å². The number of methoxy groups -OCH3 is 1. The van der Waals surface area contributed by atoms with E-state index in [4.69, 9.17) is 21.4 Å². The molecule has 0 unspecified atom stereocenters. The summed E-state index contributed by atoms with van der Waals surface area (Å²) in [4.78, 5) is 22.3. The number of carbonyl (C=O) groups excluding carboxylic acids is 1. The monoisotopic (exact) mass is 325 g/mol. The summed E-state index contributed by atoms with van der Waals surface area (Å²) in [5.74, 6) is -2.25. The van der Waals surface area contributed by atoms with Crippen LogP contribution in [0.15, 0.2) is 12.1 Å². The van der Waals surface area contributed by atoms with Gasteiger partial charge in [0.25, 0.3) is 0 Å².